The van der Waals surface area contributed by atoms with Gasteiger partial charge in [-0.3, -0.25) is 0 Å². The quantitative estimate of drug-likeness (QED) is 0.781. The number of hydrogen-bond acceptors (Lipinski definition) is 4. The highest BCUT2D eigenvalue weighted by Crippen LogP contribution is 2.26. The maximum absolute atomic E-state index is 5.86. The molecular weight excluding hydrogens is 262 g/mol. The number of aromatic nitrogens is 2. The van der Waals surface area contributed by atoms with Gasteiger partial charge in [0, 0.05) is 24.2 Å². The van der Waals surface area contributed by atoms with Crippen LogP contribution in [0.25, 0.3) is 22.6 Å². The predicted molar refractivity (Wildman–Crippen MR) is 85.3 cm³/mol. The smallest absolute Gasteiger partial charge is 0.197 e. The van der Waals surface area contributed by atoms with Crippen LogP contribution in [0.3, 0.4) is 0 Å². The fourth-order valence-corrected chi connectivity index (χ4v) is 2.35. The Morgan fingerprint density at radius 2 is 1.95 bits per heavy atom. The number of rotatable bonds is 4. The molecule has 0 spiro atoms. The number of fused-ring (bicyclic) bond motifs is 1. The van der Waals surface area contributed by atoms with E-state index in [0.29, 0.717) is 17.5 Å². The normalized spacial score (nSPS) is 11.2. The number of para-hydroxylation sites is 1. The molecule has 0 fully saturated rings. The van der Waals surface area contributed by atoms with E-state index in [2.05, 4.69) is 29.1 Å². The Bertz CT molecular complexity index is 729. The first-order valence-corrected chi connectivity index (χ1v) is 7.20. The van der Waals surface area contributed by atoms with Crippen LogP contribution in [0, 0.1) is 5.92 Å². The molecule has 0 aliphatic rings. The van der Waals surface area contributed by atoms with Gasteiger partial charge in [-0.15, -0.1) is 0 Å². The standard InChI is InChI=1S/C17H19N3O/c1-11(2)8-13-10-16(18-3)20-17(19-13)15-9-12-6-4-5-7-14(12)21-15/h4-7,9-11H,8H2,1-3H3,(H,18,19,20). The van der Waals surface area contributed by atoms with Crippen LogP contribution in [0.15, 0.2) is 40.8 Å². The lowest BCUT2D eigenvalue weighted by molar-refractivity contribution is 0.616. The summed E-state index contributed by atoms with van der Waals surface area (Å²) < 4.78 is 5.86. The van der Waals surface area contributed by atoms with E-state index in [0.717, 1.165) is 28.9 Å². The van der Waals surface area contributed by atoms with Gasteiger partial charge in [0.1, 0.15) is 11.4 Å². The van der Waals surface area contributed by atoms with Crippen molar-refractivity contribution < 1.29 is 4.42 Å². The van der Waals surface area contributed by atoms with Gasteiger partial charge >= 0.3 is 0 Å². The van der Waals surface area contributed by atoms with Crippen LogP contribution in [0.2, 0.25) is 0 Å². The Balaban J connectivity index is 2.07. The van der Waals surface area contributed by atoms with Crippen LogP contribution >= 0.6 is 0 Å². The van der Waals surface area contributed by atoms with Crippen LogP contribution in [0.4, 0.5) is 5.82 Å². The van der Waals surface area contributed by atoms with Crippen LogP contribution in [0.1, 0.15) is 19.5 Å². The first-order chi connectivity index (χ1) is 10.2. The van der Waals surface area contributed by atoms with E-state index in [4.69, 9.17) is 4.42 Å². The molecule has 1 aromatic carbocycles. The molecule has 21 heavy (non-hydrogen) atoms. The van der Waals surface area contributed by atoms with E-state index in [1.165, 1.54) is 0 Å². The van der Waals surface area contributed by atoms with E-state index >= 15 is 0 Å². The molecule has 108 valence electrons. The van der Waals surface area contributed by atoms with Crippen molar-refractivity contribution in [1.82, 2.24) is 9.97 Å². The number of nitrogens with one attached hydrogen (secondary N) is 1. The number of anilines is 1. The molecule has 0 radical (unpaired) electrons. The Hall–Kier alpha value is -2.36. The zero-order chi connectivity index (χ0) is 14.8. The molecule has 4 nitrogen and oxygen atoms in total. The summed E-state index contributed by atoms with van der Waals surface area (Å²) >= 11 is 0. The van der Waals surface area contributed by atoms with Crippen molar-refractivity contribution >= 4 is 16.8 Å². The minimum atomic E-state index is 0.549. The third kappa shape index (κ3) is 2.89. The lowest BCUT2D eigenvalue weighted by Gasteiger charge is -2.08. The fourth-order valence-electron chi connectivity index (χ4n) is 2.35. The highest BCUT2D eigenvalue weighted by Gasteiger charge is 2.12. The molecule has 0 unspecified atom stereocenters. The Morgan fingerprint density at radius 1 is 1.14 bits per heavy atom. The molecule has 2 aromatic heterocycles. The van der Waals surface area contributed by atoms with Gasteiger partial charge in [-0.1, -0.05) is 32.0 Å². The third-order valence-electron chi connectivity index (χ3n) is 3.30. The molecule has 0 aliphatic carbocycles. The van der Waals surface area contributed by atoms with Gasteiger partial charge in [0.25, 0.3) is 0 Å². The molecule has 0 bridgehead atoms. The van der Waals surface area contributed by atoms with Crippen molar-refractivity contribution in [3.63, 3.8) is 0 Å². The van der Waals surface area contributed by atoms with Crippen molar-refractivity contribution in [2.45, 2.75) is 20.3 Å². The number of hydrogen-bond donors (Lipinski definition) is 1. The van der Waals surface area contributed by atoms with Crippen LogP contribution in [-0.2, 0) is 6.42 Å². The summed E-state index contributed by atoms with van der Waals surface area (Å²) in [6.45, 7) is 4.37. The zero-order valence-electron chi connectivity index (χ0n) is 12.6. The molecular formula is C17H19N3O. The molecule has 0 saturated carbocycles. The van der Waals surface area contributed by atoms with E-state index in [-0.39, 0.29) is 0 Å². The number of nitrogens with zero attached hydrogens (tertiary/aromatic N) is 2. The summed E-state index contributed by atoms with van der Waals surface area (Å²) in [5.41, 5.74) is 1.89. The largest absolute Gasteiger partial charge is 0.453 e. The second-order valence-corrected chi connectivity index (χ2v) is 5.56. The highest BCUT2D eigenvalue weighted by atomic mass is 16.3. The van der Waals surface area contributed by atoms with Gasteiger partial charge in [0.05, 0.1) is 0 Å². The first-order valence-electron chi connectivity index (χ1n) is 7.20. The van der Waals surface area contributed by atoms with Crippen molar-refractivity contribution in [3.8, 4) is 11.6 Å². The molecule has 0 saturated heterocycles. The monoisotopic (exact) mass is 281 g/mol. The van der Waals surface area contributed by atoms with E-state index in [1.807, 2.05) is 43.4 Å². The highest BCUT2D eigenvalue weighted by molar-refractivity contribution is 5.81. The summed E-state index contributed by atoms with van der Waals surface area (Å²) in [6, 6.07) is 11.9. The van der Waals surface area contributed by atoms with Crippen LogP contribution < -0.4 is 5.32 Å². The van der Waals surface area contributed by atoms with Crippen molar-refractivity contribution in [1.29, 1.82) is 0 Å². The van der Waals surface area contributed by atoms with Crippen molar-refractivity contribution in [2.75, 3.05) is 12.4 Å². The summed E-state index contributed by atoms with van der Waals surface area (Å²) in [5, 5.41) is 4.16. The maximum atomic E-state index is 5.86. The second kappa shape index (κ2) is 5.56. The minimum Gasteiger partial charge on any atom is -0.453 e. The Kier molecular flexibility index (Phi) is 3.60. The summed E-state index contributed by atoms with van der Waals surface area (Å²) in [5.74, 6) is 2.70. The lowest BCUT2D eigenvalue weighted by atomic mass is 10.1. The maximum Gasteiger partial charge on any atom is 0.197 e. The molecule has 4 heteroatoms. The first kappa shape index (κ1) is 13.6. The Labute approximate surface area is 124 Å². The average Bonchev–Trinajstić information content (AvgIpc) is 2.90. The molecule has 0 atom stereocenters. The summed E-state index contributed by atoms with van der Waals surface area (Å²) in [4.78, 5) is 9.15. The van der Waals surface area contributed by atoms with Gasteiger partial charge in [0.15, 0.2) is 11.6 Å². The SMILES string of the molecule is CNc1cc(CC(C)C)nc(-c2cc3ccccc3o2)n1. The van der Waals surface area contributed by atoms with Crippen molar-refractivity contribution in [3.05, 3.63) is 42.1 Å². The van der Waals surface area contributed by atoms with E-state index < -0.39 is 0 Å². The van der Waals surface area contributed by atoms with Gasteiger partial charge < -0.3 is 9.73 Å². The molecule has 3 aromatic rings. The second-order valence-electron chi connectivity index (χ2n) is 5.56. The van der Waals surface area contributed by atoms with Gasteiger partial charge in [-0.25, -0.2) is 9.97 Å². The predicted octanol–water partition coefficient (Wildman–Crippen LogP) is 4.13. The topological polar surface area (TPSA) is 51.0 Å². The number of benzene rings is 1. The zero-order valence-corrected chi connectivity index (χ0v) is 12.6. The number of furan rings is 1. The van der Waals surface area contributed by atoms with Crippen LogP contribution in [-0.4, -0.2) is 17.0 Å². The van der Waals surface area contributed by atoms with Crippen molar-refractivity contribution in [2.24, 2.45) is 5.92 Å². The summed E-state index contributed by atoms with van der Waals surface area (Å²) in [6.07, 6.45) is 0.921. The van der Waals surface area contributed by atoms with Gasteiger partial charge in [-0.2, -0.15) is 0 Å². The summed E-state index contributed by atoms with van der Waals surface area (Å²) in [7, 11) is 1.86. The average molecular weight is 281 g/mol. The van der Waals surface area contributed by atoms with E-state index in [9.17, 15) is 0 Å². The molecule has 2 heterocycles. The van der Waals surface area contributed by atoms with Gasteiger partial charge in [0.2, 0.25) is 0 Å². The lowest BCUT2D eigenvalue weighted by Crippen LogP contribution is -2.03. The van der Waals surface area contributed by atoms with Gasteiger partial charge in [-0.05, 0) is 24.5 Å². The Morgan fingerprint density at radius 3 is 2.67 bits per heavy atom. The third-order valence-corrected chi connectivity index (χ3v) is 3.30. The van der Waals surface area contributed by atoms with Crippen LogP contribution in [0.5, 0.6) is 0 Å². The molecule has 0 amide bonds. The fraction of sp³-hybridized carbons (Fsp3) is 0.294. The minimum absolute atomic E-state index is 0.549. The molecule has 1 N–H and O–H groups in total. The molecule has 3 rings (SSSR count). The molecule has 0 aliphatic heterocycles. The van der Waals surface area contributed by atoms with E-state index in [1.54, 1.807) is 0 Å².